The Morgan fingerprint density at radius 3 is 2.47 bits per heavy atom. The Bertz CT molecular complexity index is 1200. The molecule has 2 aromatic carbocycles. The van der Waals surface area contributed by atoms with Gasteiger partial charge in [0.1, 0.15) is 16.5 Å². The van der Waals surface area contributed by atoms with Crippen LogP contribution in [0.2, 0.25) is 0 Å². The highest BCUT2D eigenvalue weighted by atomic mass is 32.1. The van der Waals surface area contributed by atoms with Crippen molar-refractivity contribution < 1.29 is 9.84 Å². The molecule has 1 fully saturated rings. The normalized spacial score (nSPS) is 15.3. The molecule has 0 amide bonds. The second-order valence-electron chi connectivity index (χ2n) is 8.08. The Balaban J connectivity index is 1.19. The van der Waals surface area contributed by atoms with Gasteiger partial charge in [-0.05, 0) is 41.8 Å². The Morgan fingerprint density at radius 1 is 0.969 bits per heavy atom. The van der Waals surface area contributed by atoms with Gasteiger partial charge in [-0.1, -0.05) is 6.07 Å². The lowest BCUT2D eigenvalue weighted by molar-refractivity contribution is 0.121. The number of aromatic hydroxyl groups is 1. The number of benzene rings is 2. The maximum atomic E-state index is 10.4. The minimum absolute atomic E-state index is 0.349. The Hall–Kier alpha value is -3.00. The lowest BCUT2D eigenvalue weighted by atomic mass is 10.0. The largest absolute Gasteiger partial charge is 0.508 e. The van der Waals surface area contributed by atoms with Crippen LogP contribution < -0.4 is 4.74 Å². The number of phenolic OH excluding ortho intramolecular Hbond substituents is 1. The monoisotopic (exact) mass is 446 g/mol. The molecule has 0 saturated carbocycles. The second-order valence-corrected chi connectivity index (χ2v) is 8.94. The number of rotatable bonds is 6. The van der Waals surface area contributed by atoms with E-state index in [9.17, 15) is 5.11 Å². The van der Waals surface area contributed by atoms with Gasteiger partial charge in [0.15, 0.2) is 0 Å². The van der Waals surface area contributed by atoms with Gasteiger partial charge in [-0.25, -0.2) is 4.98 Å². The van der Waals surface area contributed by atoms with E-state index in [0.29, 0.717) is 5.75 Å². The number of hydrogen-bond donors (Lipinski definition) is 1. The molecule has 3 heterocycles. The molecule has 164 valence electrons. The summed E-state index contributed by atoms with van der Waals surface area (Å²) < 4.78 is 5.24. The standard InChI is InChI=1S/C25H26N4O2S/c1-31-21-5-2-19(3-6-21)25-27-20(17-32-25)15-28-10-12-29(13-11-28)16-23-22-14-26-9-8-18(22)4-7-24(23)30/h2-9,14,17,30H,10-13,15-16H2,1H3. The predicted molar refractivity (Wildman–Crippen MR) is 128 cm³/mol. The summed E-state index contributed by atoms with van der Waals surface area (Å²) in [5.41, 5.74) is 3.20. The lowest BCUT2D eigenvalue weighted by Crippen LogP contribution is -2.45. The molecule has 0 bridgehead atoms. The molecule has 5 rings (SSSR count). The predicted octanol–water partition coefficient (Wildman–Crippen LogP) is 4.39. The van der Waals surface area contributed by atoms with Crippen LogP contribution in [-0.2, 0) is 13.1 Å². The van der Waals surface area contributed by atoms with Gasteiger partial charge < -0.3 is 9.84 Å². The van der Waals surface area contributed by atoms with E-state index >= 15 is 0 Å². The summed E-state index contributed by atoms with van der Waals surface area (Å²) in [5, 5.41) is 15.8. The van der Waals surface area contributed by atoms with Gasteiger partial charge in [-0.15, -0.1) is 11.3 Å². The summed E-state index contributed by atoms with van der Waals surface area (Å²) in [7, 11) is 1.68. The highest BCUT2D eigenvalue weighted by Crippen LogP contribution is 2.29. The van der Waals surface area contributed by atoms with Crippen LogP contribution in [0.4, 0.5) is 0 Å². The van der Waals surface area contributed by atoms with E-state index < -0.39 is 0 Å². The fourth-order valence-corrected chi connectivity index (χ4v) is 5.00. The van der Waals surface area contributed by atoms with Crippen molar-refractivity contribution in [1.29, 1.82) is 0 Å². The first kappa shape index (κ1) is 20.9. The zero-order valence-electron chi connectivity index (χ0n) is 18.1. The molecule has 7 heteroatoms. The van der Waals surface area contributed by atoms with Crippen molar-refractivity contribution in [3.8, 4) is 22.1 Å². The van der Waals surface area contributed by atoms with Gasteiger partial charge in [0, 0.05) is 73.6 Å². The van der Waals surface area contributed by atoms with E-state index in [2.05, 4.69) is 32.3 Å². The quantitative estimate of drug-likeness (QED) is 0.474. The van der Waals surface area contributed by atoms with E-state index in [0.717, 1.165) is 77.6 Å². The van der Waals surface area contributed by atoms with E-state index in [1.807, 2.05) is 30.5 Å². The van der Waals surface area contributed by atoms with Crippen LogP contribution in [0.15, 0.2) is 60.2 Å². The molecule has 0 aliphatic carbocycles. The van der Waals surface area contributed by atoms with Crippen molar-refractivity contribution in [2.75, 3.05) is 33.3 Å². The Morgan fingerprint density at radius 2 is 1.72 bits per heavy atom. The van der Waals surface area contributed by atoms with Crippen LogP contribution in [0, 0.1) is 0 Å². The van der Waals surface area contributed by atoms with Crippen molar-refractivity contribution in [2.45, 2.75) is 13.1 Å². The molecule has 6 nitrogen and oxygen atoms in total. The van der Waals surface area contributed by atoms with Crippen molar-refractivity contribution in [2.24, 2.45) is 0 Å². The van der Waals surface area contributed by atoms with Crippen molar-refractivity contribution in [1.82, 2.24) is 19.8 Å². The third-order valence-corrected chi connectivity index (χ3v) is 6.97. The van der Waals surface area contributed by atoms with Gasteiger partial charge in [0.2, 0.25) is 0 Å². The molecule has 1 N–H and O–H groups in total. The summed E-state index contributed by atoms with van der Waals surface area (Å²) in [4.78, 5) is 14.0. The third-order valence-electron chi connectivity index (χ3n) is 6.03. The topological polar surface area (TPSA) is 61.7 Å². The smallest absolute Gasteiger partial charge is 0.123 e. The summed E-state index contributed by atoms with van der Waals surface area (Å²) in [5.74, 6) is 1.21. The van der Waals surface area contributed by atoms with E-state index in [1.54, 1.807) is 30.7 Å². The molecule has 0 unspecified atom stereocenters. The van der Waals surface area contributed by atoms with Gasteiger partial charge in [-0.2, -0.15) is 0 Å². The van der Waals surface area contributed by atoms with Crippen LogP contribution >= 0.6 is 11.3 Å². The molecule has 4 aromatic rings. The molecular formula is C25H26N4O2S. The number of phenols is 1. The molecule has 1 saturated heterocycles. The van der Waals surface area contributed by atoms with E-state index in [1.165, 1.54) is 0 Å². The number of aromatic nitrogens is 2. The molecule has 32 heavy (non-hydrogen) atoms. The lowest BCUT2D eigenvalue weighted by Gasteiger charge is -2.34. The van der Waals surface area contributed by atoms with Crippen LogP contribution in [0.1, 0.15) is 11.3 Å². The van der Waals surface area contributed by atoms with E-state index in [4.69, 9.17) is 9.72 Å². The first-order chi connectivity index (χ1) is 15.7. The maximum Gasteiger partial charge on any atom is 0.123 e. The molecule has 2 aromatic heterocycles. The van der Waals surface area contributed by atoms with Crippen LogP contribution in [0.3, 0.4) is 0 Å². The third kappa shape index (κ3) is 4.46. The van der Waals surface area contributed by atoms with E-state index in [-0.39, 0.29) is 0 Å². The number of piperazine rings is 1. The van der Waals surface area contributed by atoms with Crippen molar-refractivity contribution in [3.63, 3.8) is 0 Å². The molecular weight excluding hydrogens is 420 g/mol. The minimum atomic E-state index is 0.349. The summed E-state index contributed by atoms with van der Waals surface area (Å²) in [6.45, 7) is 5.50. The Labute approximate surface area is 191 Å². The molecule has 1 aliphatic rings. The number of thiazole rings is 1. The number of fused-ring (bicyclic) bond motifs is 1. The average molecular weight is 447 g/mol. The van der Waals surface area contributed by atoms with Crippen LogP contribution in [0.5, 0.6) is 11.5 Å². The van der Waals surface area contributed by atoms with Crippen molar-refractivity contribution in [3.05, 3.63) is 71.5 Å². The first-order valence-corrected chi connectivity index (χ1v) is 11.7. The zero-order valence-corrected chi connectivity index (χ0v) is 18.9. The molecule has 0 atom stereocenters. The number of pyridine rings is 1. The van der Waals surface area contributed by atoms with Crippen LogP contribution in [0.25, 0.3) is 21.3 Å². The zero-order chi connectivity index (χ0) is 21.9. The number of nitrogens with zero attached hydrogens (tertiary/aromatic N) is 4. The highest BCUT2D eigenvalue weighted by Gasteiger charge is 2.20. The summed E-state index contributed by atoms with van der Waals surface area (Å²) >= 11 is 1.69. The maximum absolute atomic E-state index is 10.4. The van der Waals surface area contributed by atoms with Crippen molar-refractivity contribution >= 4 is 22.1 Å². The highest BCUT2D eigenvalue weighted by molar-refractivity contribution is 7.13. The summed E-state index contributed by atoms with van der Waals surface area (Å²) in [6, 6.07) is 13.8. The number of hydrogen-bond acceptors (Lipinski definition) is 7. The van der Waals surface area contributed by atoms with Crippen LogP contribution in [-0.4, -0.2) is 58.2 Å². The Kier molecular flexibility index (Phi) is 6.03. The number of ether oxygens (including phenoxy) is 1. The second kappa shape index (κ2) is 9.24. The van der Waals surface area contributed by atoms with Gasteiger partial charge in [0.25, 0.3) is 0 Å². The molecule has 0 radical (unpaired) electrons. The minimum Gasteiger partial charge on any atom is -0.508 e. The SMILES string of the molecule is COc1ccc(-c2nc(CN3CCN(Cc4c(O)ccc5ccncc45)CC3)cs2)cc1. The fourth-order valence-electron chi connectivity index (χ4n) is 4.18. The molecule has 1 aliphatic heterocycles. The first-order valence-electron chi connectivity index (χ1n) is 10.8. The fraction of sp³-hybridized carbons (Fsp3) is 0.280. The van der Waals surface area contributed by atoms with Gasteiger partial charge in [0.05, 0.1) is 12.8 Å². The van der Waals surface area contributed by atoms with Gasteiger partial charge in [-0.3, -0.25) is 14.8 Å². The summed E-state index contributed by atoms with van der Waals surface area (Å²) in [6.07, 6.45) is 3.64. The molecule has 0 spiro atoms. The average Bonchev–Trinajstić information content (AvgIpc) is 3.30. The number of methoxy groups -OCH3 is 1. The van der Waals surface area contributed by atoms with Gasteiger partial charge >= 0.3 is 0 Å².